The first kappa shape index (κ1) is 33.5. The highest BCUT2D eigenvalue weighted by molar-refractivity contribution is 6.04. The standard InChI is InChI=1S/C37H47N5O3/c1-9-41(10-2)17-18-45-30-15-11-13-27(19-30)29-20-31(25(5)6)34(32(21-29)26(7)8)39-37(44)42(23-24(3)4)33-22-28-14-12-16-38-35(28)40-36(33)43/h11-16,19-22,25-26H,3,9-10,17-18,23H2,1-2,4-8H3,(H,39,44)(H,38,40,43). The van der Waals surface area contributed by atoms with Gasteiger partial charge in [-0.15, -0.1) is 0 Å². The molecule has 2 N–H and O–H groups in total. The molecule has 0 aliphatic rings. The van der Waals surface area contributed by atoms with E-state index in [0.29, 0.717) is 12.3 Å². The number of carbonyl (C=O) groups is 1. The third-order valence-electron chi connectivity index (χ3n) is 7.97. The summed E-state index contributed by atoms with van der Waals surface area (Å²) in [4.78, 5) is 38.1. The number of aromatic amines is 1. The van der Waals surface area contributed by atoms with E-state index in [9.17, 15) is 9.59 Å². The number of hydrogen-bond acceptors (Lipinski definition) is 5. The molecule has 4 aromatic rings. The van der Waals surface area contributed by atoms with Gasteiger partial charge in [0, 0.05) is 30.4 Å². The third-order valence-corrected chi connectivity index (χ3v) is 7.97. The number of amides is 2. The number of ether oxygens (including phenoxy) is 1. The molecule has 0 spiro atoms. The van der Waals surface area contributed by atoms with Crippen molar-refractivity contribution in [1.82, 2.24) is 14.9 Å². The third kappa shape index (κ3) is 8.19. The maximum atomic E-state index is 14.1. The Kier molecular flexibility index (Phi) is 11.2. The highest BCUT2D eigenvalue weighted by Crippen LogP contribution is 2.38. The van der Waals surface area contributed by atoms with Gasteiger partial charge in [-0.1, -0.05) is 65.8 Å². The number of H-pyrrole nitrogens is 1. The summed E-state index contributed by atoms with van der Waals surface area (Å²) in [5, 5.41) is 3.95. The second-order valence-corrected chi connectivity index (χ2v) is 12.1. The van der Waals surface area contributed by atoms with E-state index in [0.717, 1.165) is 64.3 Å². The molecule has 8 heteroatoms. The van der Waals surface area contributed by atoms with Gasteiger partial charge in [0.2, 0.25) is 0 Å². The molecule has 45 heavy (non-hydrogen) atoms. The zero-order valence-corrected chi connectivity index (χ0v) is 27.7. The Morgan fingerprint density at radius 2 is 1.67 bits per heavy atom. The van der Waals surface area contributed by atoms with Crippen molar-refractivity contribution in [3.8, 4) is 16.9 Å². The van der Waals surface area contributed by atoms with Crippen LogP contribution in [0.2, 0.25) is 0 Å². The van der Waals surface area contributed by atoms with E-state index >= 15 is 0 Å². The van der Waals surface area contributed by atoms with Crippen LogP contribution in [0.5, 0.6) is 5.75 Å². The number of likely N-dealkylation sites (N-methyl/N-ethyl adjacent to an activating group) is 1. The first-order valence-corrected chi connectivity index (χ1v) is 15.9. The van der Waals surface area contributed by atoms with Crippen LogP contribution in [-0.2, 0) is 0 Å². The van der Waals surface area contributed by atoms with Crippen molar-refractivity contribution in [2.45, 2.75) is 60.3 Å². The average molecular weight is 610 g/mol. The number of benzene rings is 2. The smallest absolute Gasteiger partial charge is 0.326 e. The van der Waals surface area contributed by atoms with E-state index in [1.165, 1.54) is 4.90 Å². The lowest BCUT2D eigenvalue weighted by Crippen LogP contribution is -2.39. The molecule has 0 saturated carbocycles. The van der Waals surface area contributed by atoms with Crippen molar-refractivity contribution in [3.05, 3.63) is 94.4 Å². The van der Waals surface area contributed by atoms with Crippen LogP contribution in [0.3, 0.4) is 0 Å². The van der Waals surface area contributed by atoms with Crippen LogP contribution in [0, 0.1) is 0 Å². The molecule has 238 valence electrons. The van der Waals surface area contributed by atoms with Gasteiger partial charge in [-0.2, -0.15) is 0 Å². The Labute approximate surface area is 267 Å². The van der Waals surface area contributed by atoms with Gasteiger partial charge < -0.3 is 19.9 Å². The lowest BCUT2D eigenvalue weighted by molar-refractivity contribution is 0.223. The van der Waals surface area contributed by atoms with Crippen molar-refractivity contribution in [3.63, 3.8) is 0 Å². The molecular formula is C37H47N5O3. The maximum Gasteiger partial charge on any atom is 0.326 e. The monoisotopic (exact) mass is 609 g/mol. The molecule has 4 rings (SSSR count). The number of pyridine rings is 2. The summed E-state index contributed by atoms with van der Waals surface area (Å²) >= 11 is 0. The van der Waals surface area contributed by atoms with Crippen LogP contribution in [0.4, 0.5) is 16.2 Å². The zero-order valence-electron chi connectivity index (χ0n) is 27.7. The van der Waals surface area contributed by atoms with E-state index in [2.05, 4.69) is 92.6 Å². The summed E-state index contributed by atoms with van der Waals surface area (Å²) < 4.78 is 6.13. The van der Waals surface area contributed by atoms with Gasteiger partial charge in [0.1, 0.15) is 23.7 Å². The number of nitrogens with one attached hydrogen (secondary N) is 2. The van der Waals surface area contributed by atoms with Crippen LogP contribution >= 0.6 is 0 Å². The topological polar surface area (TPSA) is 90.6 Å². The molecule has 0 saturated heterocycles. The molecule has 2 heterocycles. The molecule has 2 aromatic carbocycles. The Morgan fingerprint density at radius 1 is 0.978 bits per heavy atom. The van der Waals surface area contributed by atoms with Gasteiger partial charge in [-0.05, 0) is 96.6 Å². The predicted molar refractivity (Wildman–Crippen MR) is 187 cm³/mol. The fourth-order valence-electron chi connectivity index (χ4n) is 5.44. The fraction of sp³-hybridized carbons (Fsp3) is 0.378. The number of fused-ring (bicyclic) bond motifs is 1. The first-order valence-electron chi connectivity index (χ1n) is 15.9. The van der Waals surface area contributed by atoms with Crippen molar-refractivity contribution in [2.75, 3.05) is 43.0 Å². The number of urea groups is 1. The number of aromatic nitrogens is 2. The minimum Gasteiger partial charge on any atom is -0.492 e. The van der Waals surface area contributed by atoms with Gasteiger partial charge in [-0.25, -0.2) is 9.78 Å². The SMILES string of the molecule is C=C(C)CN(C(=O)Nc1c(C(C)C)cc(-c2cccc(OCCN(CC)CC)c2)cc1C(C)C)c1cc2cccnc2[nH]c1=O. The lowest BCUT2D eigenvalue weighted by Gasteiger charge is -2.27. The zero-order chi connectivity index (χ0) is 32.7. The summed E-state index contributed by atoms with van der Waals surface area (Å²) in [7, 11) is 0. The first-order chi connectivity index (χ1) is 21.5. The number of carbonyl (C=O) groups excluding carboxylic acids is 1. The lowest BCUT2D eigenvalue weighted by atomic mass is 9.88. The highest BCUT2D eigenvalue weighted by atomic mass is 16.5. The van der Waals surface area contributed by atoms with Crippen LogP contribution in [0.25, 0.3) is 22.2 Å². The quantitative estimate of drug-likeness (QED) is 0.149. The van der Waals surface area contributed by atoms with Gasteiger partial charge in [0.25, 0.3) is 5.56 Å². The molecule has 0 bridgehead atoms. The van der Waals surface area contributed by atoms with Gasteiger partial charge in [-0.3, -0.25) is 9.69 Å². The molecule has 0 radical (unpaired) electrons. The van der Waals surface area contributed by atoms with Crippen LogP contribution < -0.4 is 20.5 Å². The van der Waals surface area contributed by atoms with Gasteiger partial charge in [0.15, 0.2) is 0 Å². The Bertz CT molecular complexity index is 1680. The molecule has 2 amide bonds. The number of hydrogen-bond donors (Lipinski definition) is 2. The predicted octanol–water partition coefficient (Wildman–Crippen LogP) is 8.17. The summed E-state index contributed by atoms with van der Waals surface area (Å²) in [5.74, 6) is 1.08. The number of nitrogens with zero attached hydrogens (tertiary/aromatic N) is 3. The number of anilines is 2. The molecule has 0 aliphatic heterocycles. The Morgan fingerprint density at radius 3 is 2.29 bits per heavy atom. The summed E-state index contributed by atoms with van der Waals surface area (Å²) in [6.45, 7) is 22.4. The molecule has 8 nitrogen and oxygen atoms in total. The van der Waals surface area contributed by atoms with E-state index in [1.54, 1.807) is 18.3 Å². The van der Waals surface area contributed by atoms with E-state index in [1.807, 2.05) is 25.1 Å². The minimum atomic E-state index is -0.396. The summed E-state index contributed by atoms with van der Waals surface area (Å²) in [5.41, 5.74) is 5.99. The largest absolute Gasteiger partial charge is 0.492 e. The van der Waals surface area contributed by atoms with Crippen LogP contribution in [0.15, 0.2) is 77.7 Å². The molecule has 0 aliphatic carbocycles. The van der Waals surface area contributed by atoms with E-state index < -0.39 is 6.03 Å². The number of rotatable bonds is 13. The molecule has 0 atom stereocenters. The summed E-state index contributed by atoms with van der Waals surface area (Å²) in [6.07, 6.45) is 1.62. The van der Waals surface area contributed by atoms with Gasteiger partial charge in [0.05, 0.1) is 0 Å². The van der Waals surface area contributed by atoms with Crippen molar-refractivity contribution < 1.29 is 9.53 Å². The summed E-state index contributed by atoms with van der Waals surface area (Å²) in [6, 6.07) is 17.5. The molecule has 0 unspecified atom stereocenters. The van der Waals surface area contributed by atoms with E-state index in [4.69, 9.17) is 4.74 Å². The molecule has 0 fully saturated rings. The average Bonchev–Trinajstić information content (AvgIpc) is 3.01. The second-order valence-electron chi connectivity index (χ2n) is 12.1. The van der Waals surface area contributed by atoms with Crippen molar-refractivity contribution >= 4 is 28.4 Å². The molecular weight excluding hydrogens is 562 g/mol. The molecule has 2 aromatic heterocycles. The Balaban J connectivity index is 1.71. The highest BCUT2D eigenvalue weighted by Gasteiger charge is 2.24. The van der Waals surface area contributed by atoms with E-state index in [-0.39, 0.29) is 29.6 Å². The second kappa shape index (κ2) is 15.0. The minimum absolute atomic E-state index is 0.121. The maximum absolute atomic E-state index is 14.1. The fourth-order valence-corrected chi connectivity index (χ4v) is 5.44. The Hall–Kier alpha value is -4.43. The normalized spacial score (nSPS) is 11.4. The van der Waals surface area contributed by atoms with Crippen molar-refractivity contribution in [2.24, 2.45) is 0 Å². The van der Waals surface area contributed by atoms with Crippen molar-refractivity contribution in [1.29, 1.82) is 0 Å². The van der Waals surface area contributed by atoms with Gasteiger partial charge >= 0.3 is 6.03 Å². The van der Waals surface area contributed by atoms with Crippen LogP contribution in [-0.4, -0.2) is 53.7 Å². The van der Waals surface area contributed by atoms with Crippen LogP contribution in [0.1, 0.15) is 71.4 Å².